The molecule has 0 radical (unpaired) electrons. The molecule has 1 aliphatic rings. The van der Waals surface area contributed by atoms with Crippen molar-refractivity contribution in [2.24, 2.45) is 5.73 Å². The van der Waals surface area contributed by atoms with E-state index in [-0.39, 0.29) is 11.7 Å². The molecule has 4 nitrogen and oxygen atoms in total. The van der Waals surface area contributed by atoms with E-state index < -0.39 is 0 Å². The highest BCUT2D eigenvalue weighted by Crippen LogP contribution is 2.21. The Morgan fingerprint density at radius 2 is 2.00 bits per heavy atom. The fourth-order valence-electron chi connectivity index (χ4n) is 2.01. The highest BCUT2D eigenvalue weighted by atomic mass is 19.1. The third-order valence-corrected chi connectivity index (χ3v) is 2.81. The van der Waals surface area contributed by atoms with Crippen molar-refractivity contribution in [3.8, 4) is 0 Å². The van der Waals surface area contributed by atoms with E-state index >= 15 is 0 Å². The molecule has 0 bridgehead atoms. The first-order chi connectivity index (χ1) is 8.22. The molecule has 1 aliphatic heterocycles. The summed E-state index contributed by atoms with van der Waals surface area (Å²) in [5.41, 5.74) is 6.33. The Morgan fingerprint density at radius 1 is 1.29 bits per heavy atom. The van der Waals surface area contributed by atoms with Crippen LogP contribution in [0.4, 0.5) is 10.1 Å². The molecule has 1 aromatic carbocycles. The average Bonchev–Trinajstić information content (AvgIpc) is 2.33. The van der Waals surface area contributed by atoms with Crippen LogP contribution in [0.1, 0.15) is 12.8 Å². The smallest absolute Gasteiger partial charge is 0.241 e. The Hall–Kier alpha value is -1.62. The van der Waals surface area contributed by atoms with Gasteiger partial charge in [-0.3, -0.25) is 14.8 Å². The lowest BCUT2D eigenvalue weighted by atomic mass is 10.2. The molecule has 92 valence electrons. The summed E-state index contributed by atoms with van der Waals surface area (Å²) in [6.45, 7) is 1.68. The number of benzene rings is 1. The minimum atomic E-state index is -0.275. The number of nitrogens with zero attached hydrogens (tertiary/aromatic N) is 2. The van der Waals surface area contributed by atoms with Crippen LogP contribution in [0.15, 0.2) is 24.3 Å². The van der Waals surface area contributed by atoms with Crippen molar-refractivity contribution in [1.82, 2.24) is 5.01 Å². The second-order valence-electron chi connectivity index (χ2n) is 4.01. The molecule has 0 atom stereocenters. The molecule has 2 rings (SSSR count). The van der Waals surface area contributed by atoms with Crippen molar-refractivity contribution in [3.05, 3.63) is 30.1 Å². The first kappa shape index (κ1) is 11.9. The van der Waals surface area contributed by atoms with Crippen molar-refractivity contribution in [1.29, 1.82) is 0 Å². The first-order valence-electron chi connectivity index (χ1n) is 5.76. The molecule has 1 heterocycles. The fourth-order valence-corrected chi connectivity index (χ4v) is 2.01. The molecule has 1 aromatic rings. The zero-order valence-corrected chi connectivity index (χ0v) is 9.60. The summed E-state index contributed by atoms with van der Waals surface area (Å²) in [5.74, 6) is -0.200. The van der Waals surface area contributed by atoms with Gasteiger partial charge in [-0.15, -0.1) is 0 Å². The Balaban J connectivity index is 2.21. The molecule has 5 heteroatoms. The monoisotopic (exact) mass is 237 g/mol. The van der Waals surface area contributed by atoms with Gasteiger partial charge < -0.3 is 5.73 Å². The second-order valence-corrected chi connectivity index (χ2v) is 4.01. The number of rotatable bonds is 3. The minimum absolute atomic E-state index is 0.0750. The second kappa shape index (κ2) is 5.14. The van der Waals surface area contributed by atoms with E-state index in [0.29, 0.717) is 19.5 Å². The molecule has 0 unspecified atom stereocenters. The third kappa shape index (κ3) is 2.55. The quantitative estimate of drug-likeness (QED) is 0.857. The van der Waals surface area contributed by atoms with Crippen molar-refractivity contribution >= 4 is 11.6 Å². The number of halogens is 1. The average molecular weight is 237 g/mol. The molecule has 1 saturated heterocycles. The summed E-state index contributed by atoms with van der Waals surface area (Å²) in [5, 5.41) is 3.52. The van der Waals surface area contributed by atoms with Crippen molar-refractivity contribution in [3.63, 3.8) is 0 Å². The molecule has 17 heavy (non-hydrogen) atoms. The van der Waals surface area contributed by atoms with Gasteiger partial charge in [0.2, 0.25) is 5.91 Å². The van der Waals surface area contributed by atoms with Crippen LogP contribution in [0.5, 0.6) is 0 Å². The van der Waals surface area contributed by atoms with Crippen LogP contribution in [-0.2, 0) is 4.79 Å². The molecule has 0 aliphatic carbocycles. The zero-order chi connectivity index (χ0) is 12.3. The van der Waals surface area contributed by atoms with Crippen LogP contribution in [0.25, 0.3) is 0 Å². The topological polar surface area (TPSA) is 49.6 Å². The van der Waals surface area contributed by atoms with E-state index in [1.165, 1.54) is 12.1 Å². The van der Waals surface area contributed by atoms with E-state index in [1.807, 2.05) is 5.01 Å². The number of nitrogens with two attached hydrogens (primary N) is 1. The first-order valence-corrected chi connectivity index (χ1v) is 5.76. The fraction of sp³-hybridized carbons (Fsp3) is 0.417. The van der Waals surface area contributed by atoms with E-state index in [4.69, 9.17) is 5.73 Å². The number of hydrazine groups is 1. The highest BCUT2D eigenvalue weighted by Gasteiger charge is 2.25. The zero-order valence-electron chi connectivity index (χ0n) is 9.60. The van der Waals surface area contributed by atoms with E-state index in [9.17, 15) is 9.18 Å². The van der Waals surface area contributed by atoms with Gasteiger partial charge in [-0.1, -0.05) is 0 Å². The highest BCUT2D eigenvalue weighted by molar-refractivity contribution is 5.79. The number of carbonyl (C=O) groups is 1. The molecule has 1 fully saturated rings. The van der Waals surface area contributed by atoms with Crippen LogP contribution in [0.3, 0.4) is 0 Å². The molecule has 2 N–H and O–H groups in total. The van der Waals surface area contributed by atoms with Crippen LogP contribution >= 0.6 is 0 Å². The van der Waals surface area contributed by atoms with Crippen LogP contribution < -0.4 is 10.7 Å². The Morgan fingerprint density at radius 3 is 2.65 bits per heavy atom. The molecular weight excluding hydrogens is 221 g/mol. The van der Waals surface area contributed by atoms with E-state index in [1.54, 1.807) is 17.1 Å². The number of hydrogen-bond donors (Lipinski definition) is 1. The molecule has 1 amide bonds. The van der Waals surface area contributed by atoms with Gasteiger partial charge in [-0.2, -0.15) is 0 Å². The van der Waals surface area contributed by atoms with E-state index in [2.05, 4.69) is 0 Å². The van der Waals surface area contributed by atoms with Gasteiger partial charge in [-0.25, -0.2) is 4.39 Å². The summed E-state index contributed by atoms with van der Waals surface area (Å²) in [4.78, 5) is 11.8. The van der Waals surface area contributed by atoms with Crippen molar-refractivity contribution < 1.29 is 9.18 Å². The predicted octanol–water partition coefficient (Wildman–Crippen LogP) is 1.13. The molecule has 0 saturated carbocycles. The van der Waals surface area contributed by atoms with Gasteiger partial charge in [0.05, 0.1) is 12.2 Å². The summed E-state index contributed by atoms with van der Waals surface area (Å²) in [6, 6.07) is 6.15. The summed E-state index contributed by atoms with van der Waals surface area (Å²) < 4.78 is 12.9. The van der Waals surface area contributed by atoms with Crippen molar-refractivity contribution in [2.45, 2.75) is 12.8 Å². The normalized spacial score (nSPS) is 16.5. The Kier molecular flexibility index (Phi) is 3.58. The standard InChI is InChI=1S/C12H16FN3O/c13-10-3-5-11(6-4-10)15-8-1-2-12(17)16(15)9-7-14/h3-6H,1-2,7-9,14H2. The molecular formula is C12H16FN3O. The van der Waals surface area contributed by atoms with Gasteiger partial charge in [0, 0.05) is 19.5 Å². The maximum atomic E-state index is 12.9. The minimum Gasteiger partial charge on any atom is -0.329 e. The Labute approximate surface area is 99.8 Å². The van der Waals surface area contributed by atoms with Gasteiger partial charge in [-0.05, 0) is 30.7 Å². The number of carbonyl (C=O) groups excluding carboxylic acids is 1. The summed E-state index contributed by atoms with van der Waals surface area (Å²) in [6.07, 6.45) is 1.37. The van der Waals surface area contributed by atoms with Crippen molar-refractivity contribution in [2.75, 3.05) is 24.6 Å². The van der Waals surface area contributed by atoms with Crippen LogP contribution in [-0.4, -0.2) is 30.6 Å². The van der Waals surface area contributed by atoms with Gasteiger partial charge in [0.15, 0.2) is 0 Å². The SMILES string of the molecule is NCCN1C(=O)CCCN1c1ccc(F)cc1. The predicted molar refractivity (Wildman–Crippen MR) is 63.7 cm³/mol. The maximum absolute atomic E-state index is 12.9. The molecule has 0 aromatic heterocycles. The lowest BCUT2D eigenvalue weighted by Gasteiger charge is -2.39. The number of hydrogen-bond acceptors (Lipinski definition) is 3. The lowest BCUT2D eigenvalue weighted by molar-refractivity contribution is -0.133. The third-order valence-electron chi connectivity index (χ3n) is 2.81. The van der Waals surface area contributed by atoms with Gasteiger partial charge in [0.25, 0.3) is 0 Å². The summed E-state index contributed by atoms with van der Waals surface area (Å²) >= 11 is 0. The Bertz CT molecular complexity index is 393. The lowest BCUT2D eigenvalue weighted by Crippen LogP contribution is -2.52. The van der Waals surface area contributed by atoms with Crippen LogP contribution in [0.2, 0.25) is 0 Å². The molecule has 0 spiro atoms. The van der Waals surface area contributed by atoms with Crippen LogP contribution in [0, 0.1) is 5.82 Å². The van der Waals surface area contributed by atoms with Gasteiger partial charge in [0.1, 0.15) is 5.82 Å². The summed E-state index contributed by atoms with van der Waals surface area (Å²) in [7, 11) is 0. The maximum Gasteiger partial charge on any atom is 0.241 e. The van der Waals surface area contributed by atoms with Gasteiger partial charge >= 0.3 is 0 Å². The largest absolute Gasteiger partial charge is 0.329 e. The number of anilines is 1. The number of amides is 1. The van der Waals surface area contributed by atoms with E-state index in [0.717, 1.165) is 18.7 Å².